The quantitative estimate of drug-likeness (QED) is 0.114. The maximum atomic E-state index is 2.33. The molecule has 15 aromatic carbocycles. The summed E-state index contributed by atoms with van der Waals surface area (Å²) in [5.74, 6) is 0. The molecule has 0 heterocycles. The summed E-state index contributed by atoms with van der Waals surface area (Å²) in [7, 11) is 0. The number of fused-ring (bicyclic) bond motifs is 2. The summed E-state index contributed by atoms with van der Waals surface area (Å²) in [6.45, 7) is 0. The lowest BCUT2D eigenvalue weighted by atomic mass is 9.98. The van der Waals surface area contributed by atoms with Gasteiger partial charge in [0, 0.05) is 34.1 Å². The minimum Gasteiger partial charge on any atom is -0.311 e. The molecule has 0 atom stereocenters. The Kier molecular flexibility index (Phi) is 15.6. The van der Waals surface area contributed by atoms with E-state index in [1.165, 1.54) is 99.4 Å². The van der Waals surface area contributed by atoms with Crippen LogP contribution in [0.1, 0.15) is 0 Å². The van der Waals surface area contributed by atoms with Crippen LogP contribution >= 0.6 is 0 Å². The number of benzene rings is 15. The van der Waals surface area contributed by atoms with Crippen LogP contribution in [0.5, 0.6) is 0 Å². The molecular weight excluding hydrogens is 1060 g/mol. The number of hydrogen-bond acceptors (Lipinski definition) is 2. The van der Waals surface area contributed by atoms with Gasteiger partial charge in [-0.25, -0.2) is 0 Å². The van der Waals surface area contributed by atoms with Gasteiger partial charge in [-0.15, -0.1) is 0 Å². The first-order valence-corrected chi connectivity index (χ1v) is 30.1. The molecule has 416 valence electrons. The lowest BCUT2D eigenvalue weighted by molar-refractivity contribution is 1.28. The zero-order chi connectivity index (χ0) is 58.9. The van der Waals surface area contributed by atoms with Crippen molar-refractivity contribution in [3.63, 3.8) is 0 Å². The molecule has 0 aliphatic carbocycles. The van der Waals surface area contributed by atoms with Crippen molar-refractivity contribution in [3.8, 4) is 77.9 Å². The summed E-state index contributed by atoms with van der Waals surface area (Å²) in [6.07, 6.45) is 0. The summed E-state index contributed by atoms with van der Waals surface area (Å²) < 4.78 is 0. The highest BCUT2D eigenvalue weighted by Crippen LogP contribution is 2.41. The molecule has 0 saturated heterocycles. The highest BCUT2D eigenvalue weighted by atomic mass is 15.1. The summed E-state index contributed by atoms with van der Waals surface area (Å²) in [6, 6.07) is 135. The van der Waals surface area contributed by atoms with Crippen LogP contribution in [0.2, 0.25) is 0 Å². The molecule has 0 aromatic heterocycles. The molecule has 0 N–H and O–H groups in total. The number of rotatable bonds is 13. The van der Waals surface area contributed by atoms with Crippen molar-refractivity contribution in [1.29, 1.82) is 0 Å². The lowest BCUT2D eigenvalue weighted by Crippen LogP contribution is -2.09. The average Bonchev–Trinajstić information content (AvgIpc) is 3.80. The largest absolute Gasteiger partial charge is 0.311 e. The molecule has 0 fully saturated rings. The van der Waals surface area contributed by atoms with Crippen molar-refractivity contribution >= 4 is 55.7 Å². The van der Waals surface area contributed by atoms with Gasteiger partial charge in [0.15, 0.2) is 0 Å². The Bertz CT molecular complexity index is 4570. The smallest absolute Gasteiger partial charge is 0.0462 e. The van der Waals surface area contributed by atoms with Gasteiger partial charge in [-0.1, -0.05) is 297 Å². The van der Waals surface area contributed by atoms with Crippen LogP contribution < -0.4 is 9.80 Å². The first-order valence-electron chi connectivity index (χ1n) is 30.1. The van der Waals surface area contributed by atoms with Crippen LogP contribution in [0.3, 0.4) is 0 Å². The molecule has 0 unspecified atom stereocenters. The number of anilines is 6. The van der Waals surface area contributed by atoms with Crippen molar-refractivity contribution in [3.05, 3.63) is 376 Å². The second-order valence-electron chi connectivity index (χ2n) is 22.1. The van der Waals surface area contributed by atoms with Crippen LogP contribution in [0, 0.1) is 0 Å². The molecule has 2 nitrogen and oxygen atoms in total. The van der Waals surface area contributed by atoms with Gasteiger partial charge in [-0.05, 0) is 178 Å². The molecule has 0 aliphatic rings. The summed E-state index contributed by atoms with van der Waals surface area (Å²) >= 11 is 0. The molecule has 0 amide bonds. The van der Waals surface area contributed by atoms with Crippen molar-refractivity contribution in [2.75, 3.05) is 9.80 Å². The zero-order valence-electron chi connectivity index (χ0n) is 48.7. The Balaban J connectivity index is 0.000000156. The Morgan fingerprint density at radius 1 is 0.136 bits per heavy atom. The third-order valence-electron chi connectivity index (χ3n) is 16.6. The van der Waals surface area contributed by atoms with E-state index in [9.17, 15) is 0 Å². The minimum absolute atomic E-state index is 1.11. The van der Waals surface area contributed by atoms with Gasteiger partial charge in [-0.3, -0.25) is 0 Å². The Hall–Kier alpha value is -11.6. The highest BCUT2D eigenvalue weighted by Gasteiger charge is 2.17. The van der Waals surface area contributed by atoms with E-state index in [2.05, 4.69) is 386 Å². The fraction of sp³-hybridized carbons (Fsp3) is 0. The fourth-order valence-corrected chi connectivity index (χ4v) is 11.9. The van der Waals surface area contributed by atoms with Crippen molar-refractivity contribution in [2.45, 2.75) is 0 Å². The van der Waals surface area contributed by atoms with E-state index >= 15 is 0 Å². The van der Waals surface area contributed by atoms with Gasteiger partial charge in [0.05, 0.1) is 0 Å². The Morgan fingerprint density at radius 3 is 0.727 bits per heavy atom. The second kappa shape index (κ2) is 25.3. The molecule has 0 bridgehead atoms. The SMILES string of the molecule is c1ccc(-c2ccc(N(c3ccc(-c4ccccc4)cc3)c3ccc(-c4ccc(-c5ccc6ccccc6c5)cc4)cc3)cc2)cc1.c1ccc(-c2ccc(N(c3ccc(-c4ccccc4)cc3)c3ccc(-c4cccc5ccccc45)cc3)cc2)cc1. The van der Waals surface area contributed by atoms with Gasteiger partial charge in [0.25, 0.3) is 0 Å². The van der Waals surface area contributed by atoms with Gasteiger partial charge in [0.1, 0.15) is 0 Å². The minimum atomic E-state index is 1.11. The van der Waals surface area contributed by atoms with Crippen LogP contribution in [0.15, 0.2) is 376 Å². The standard InChI is InChI=1S/C46H33N.C40H29N/c1-3-9-34(10-4-1)38-21-27-44(28-22-38)47(45-29-23-39(24-30-45)35-11-5-2-6-12-35)46-31-25-40(26-32-46)37-15-17-41(18-16-37)43-20-19-36-13-7-8-14-42(36)33-43;1-3-10-30(11-4-1)32-18-24-36(25-19-32)41(37-26-20-33(21-27-37)31-12-5-2-6-13-31)38-28-22-35(23-29-38)40-17-9-15-34-14-7-8-16-39(34)40/h1-33H;1-29H. The van der Waals surface area contributed by atoms with Crippen molar-refractivity contribution in [1.82, 2.24) is 0 Å². The molecule has 15 rings (SSSR count). The summed E-state index contributed by atoms with van der Waals surface area (Å²) in [5, 5.41) is 5.06. The molecule has 15 aromatic rings. The summed E-state index contributed by atoms with van der Waals surface area (Å²) in [5.41, 5.74) is 23.7. The van der Waals surface area contributed by atoms with Crippen molar-refractivity contribution in [2.24, 2.45) is 0 Å². The van der Waals surface area contributed by atoms with Gasteiger partial charge < -0.3 is 9.80 Å². The van der Waals surface area contributed by atoms with Crippen molar-refractivity contribution < 1.29 is 0 Å². The number of nitrogens with zero attached hydrogens (tertiary/aromatic N) is 2. The predicted molar refractivity (Wildman–Crippen MR) is 375 cm³/mol. The van der Waals surface area contributed by atoms with E-state index in [1.807, 2.05) is 0 Å². The van der Waals surface area contributed by atoms with Gasteiger partial charge >= 0.3 is 0 Å². The van der Waals surface area contributed by atoms with E-state index in [-0.39, 0.29) is 0 Å². The molecule has 88 heavy (non-hydrogen) atoms. The van der Waals surface area contributed by atoms with Crippen LogP contribution in [-0.4, -0.2) is 0 Å². The van der Waals surface area contributed by atoms with Crippen LogP contribution in [0.25, 0.3) is 99.4 Å². The van der Waals surface area contributed by atoms with Gasteiger partial charge in [-0.2, -0.15) is 0 Å². The maximum Gasteiger partial charge on any atom is 0.0462 e. The Morgan fingerprint density at radius 2 is 0.375 bits per heavy atom. The molecule has 0 spiro atoms. The second-order valence-corrected chi connectivity index (χ2v) is 22.1. The van der Waals surface area contributed by atoms with Gasteiger partial charge in [0.2, 0.25) is 0 Å². The fourth-order valence-electron chi connectivity index (χ4n) is 11.9. The third kappa shape index (κ3) is 11.9. The first kappa shape index (κ1) is 54.4. The average molecular weight is 1120 g/mol. The molecule has 2 heteroatoms. The maximum absolute atomic E-state index is 2.33. The van der Waals surface area contributed by atoms with E-state index in [4.69, 9.17) is 0 Å². The molecular formula is C86H62N2. The van der Waals surface area contributed by atoms with E-state index in [0.29, 0.717) is 0 Å². The molecule has 0 aliphatic heterocycles. The first-order chi connectivity index (χ1) is 43.6. The van der Waals surface area contributed by atoms with Crippen LogP contribution in [0.4, 0.5) is 34.1 Å². The molecule has 0 saturated carbocycles. The normalized spacial score (nSPS) is 11.0. The summed E-state index contributed by atoms with van der Waals surface area (Å²) in [4.78, 5) is 4.66. The highest BCUT2D eigenvalue weighted by molar-refractivity contribution is 5.97. The predicted octanol–water partition coefficient (Wildman–Crippen LogP) is 24.3. The number of hydrogen-bond donors (Lipinski definition) is 0. The van der Waals surface area contributed by atoms with E-state index < -0.39 is 0 Å². The lowest BCUT2D eigenvalue weighted by Gasteiger charge is -2.26. The Labute approximate surface area is 516 Å². The third-order valence-corrected chi connectivity index (χ3v) is 16.6. The topological polar surface area (TPSA) is 6.48 Å². The zero-order valence-corrected chi connectivity index (χ0v) is 48.7. The monoisotopic (exact) mass is 1120 g/mol. The molecule has 0 radical (unpaired) electrons. The van der Waals surface area contributed by atoms with E-state index in [1.54, 1.807) is 0 Å². The van der Waals surface area contributed by atoms with Crippen LogP contribution in [-0.2, 0) is 0 Å². The van der Waals surface area contributed by atoms with E-state index in [0.717, 1.165) is 34.1 Å².